The lowest BCUT2D eigenvalue weighted by Crippen LogP contribution is -2.33. The Kier molecular flexibility index (Phi) is 6.95. The number of fused-ring (bicyclic) bond motifs is 1. The monoisotopic (exact) mass is 362 g/mol. The largest absolute Gasteiger partial charge is 0.480 e. The number of aliphatic carboxylic acids is 1. The van der Waals surface area contributed by atoms with Crippen molar-refractivity contribution in [1.82, 2.24) is 19.9 Å². The molecule has 26 heavy (non-hydrogen) atoms. The zero-order valence-electron chi connectivity index (χ0n) is 14.5. The summed E-state index contributed by atoms with van der Waals surface area (Å²) in [6, 6.07) is 1.18. The summed E-state index contributed by atoms with van der Waals surface area (Å²) in [5.41, 5.74) is -0.748. The Morgan fingerprint density at radius 1 is 1.38 bits per heavy atom. The molecule has 0 fully saturated rings. The van der Waals surface area contributed by atoms with E-state index in [1.807, 2.05) is 6.08 Å². The fourth-order valence-corrected chi connectivity index (χ4v) is 2.32. The van der Waals surface area contributed by atoms with E-state index >= 15 is 0 Å². The number of carbonyl (C=O) groups is 2. The van der Waals surface area contributed by atoms with E-state index in [9.17, 15) is 14.4 Å². The molecule has 0 saturated carbocycles. The van der Waals surface area contributed by atoms with Crippen molar-refractivity contribution >= 4 is 17.5 Å². The van der Waals surface area contributed by atoms with E-state index in [0.717, 1.165) is 19.3 Å². The van der Waals surface area contributed by atoms with E-state index in [4.69, 9.17) is 9.84 Å². The summed E-state index contributed by atoms with van der Waals surface area (Å²) in [5, 5.41) is 13.6. The topological polar surface area (TPSA) is 126 Å². The first kappa shape index (κ1) is 19.2. The second-order valence-electron chi connectivity index (χ2n) is 5.60. The highest BCUT2D eigenvalue weighted by Crippen LogP contribution is 2.13. The van der Waals surface area contributed by atoms with Gasteiger partial charge >= 0.3 is 5.97 Å². The van der Waals surface area contributed by atoms with Crippen LogP contribution in [0.15, 0.2) is 29.3 Å². The van der Waals surface area contributed by atoms with Gasteiger partial charge in [-0.05, 0) is 12.8 Å². The number of hydrogen-bond acceptors (Lipinski definition) is 5. The predicted molar refractivity (Wildman–Crippen MR) is 94.6 cm³/mol. The first-order valence-electron chi connectivity index (χ1n) is 8.41. The van der Waals surface area contributed by atoms with Crippen molar-refractivity contribution < 1.29 is 19.4 Å². The van der Waals surface area contributed by atoms with E-state index in [2.05, 4.69) is 28.4 Å². The Balaban J connectivity index is 2.11. The van der Waals surface area contributed by atoms with Crippen LogP contribution in [0, 0.1) is 0 Å². The third-order valence-corrected chi connectivity index (χ3v) is 3.58. The number of carboxylic acid groups (broad SMARTS) is 1. The third kappa shape index (κ3) is 4.95. The number of rotatable bonds is 10. The summed E-state index contributed by atoms with van der Waals surface area (Å²) in [5.74, 6) is -1.77. The average molecular weight is 362 g/mol. The van der Waals surface area contributed by atoms with Crippen LogP contribution in [0.2, 0.25) is 0 Å². The Labute approximate surface area is 149 Å². The summed E-state index contributed by atoms with van der Waals surface area (Å²) in [6.45, 7) is 1.92. The number of carboxylic acids is 1. The van der Waals surface area contributed by atoms with Crippen molar-refractivity contribution in [2.45, 2.75) is 32.6 Å². The number of H-pyrrole nitrogens is 1. The number of amides is 1. The van der Waals surface area contributed by atoms with Gasteiger partial charge in [-0.15, -0.1) is 0 Å². The molecule has 2 aromatic heterocycles. The van der Waals surface area contributed by atoms with E-state index < -0.39 is 23.9 Å². The number of hydrogen-bond donors (Lipinski definition) is 3. The molecule has 0 aromatic carbocycles. The summed E-state index contributed by atoms with van der Waals surface area (Å²) >= 11 is 0. The van der Waals surface area contributed by atoms with Crippen molar-refractivity contribution in [3.8, 4) is 5.88 Å². The lowest BCUT2D eigenvalue weighted by atomic mass is 10.2. The average Bonchev–Trinajstić information content (AvgIpc) is 3.08. The van der Waals surface area contributed by atoms with Crippen molar-refractivity contribution in [3.63, 3.8) is 0 Å². The first-order chi connectivity index (χ1) is 12.5. The van der Waals surface area contributed by atoms with Crippen molar-refractivity contribution in [2.24, 2.45) is 0 Å². The smallest absolute Gasteiger partial charge is 0.322 e. The van der Waals surface area contributed by atoms with Gasteiger partial charge in [-0.3, -0.25) is 19.5 Å². The zero-order valence-corrected chi connectivity index (χ0v) is 14.5. The van der Waals surface area contributed by atoms with Crippen LogP contribution in [0.3, 0.4) is 0 Å². The molecule has 3 N–H and O–H groups in total. The molecule has 0 aliphatic heterocycles. The van der Waals surface area contributed by atoms with Crippen molar-refractivity contribution in [3.05, 3.63) is 40.3 Å². The summed E-state index contributed by atoms with van der Waals surface area (Å²) in [7, 11) is 0. The normalized spacial score (nSPS) is 11.1. The first-order valence-corrected chi connectivity index (χ1v) is 8.41. The number of ether oxygens (including phenoxy) is 1. The van der Waals surface area contributed by atoms with E-state index in [-0.39, 0.29) is 17.1 Å². The van der Waals surface area contributed by atoms with Crippen LogP contribution in [0.4, 0.5) is 0 Å². The Morgan fingerprint density at radius 3 is 2.88 bits per heavy atom. The molecule has 0 atom stereocenters. The van der Waals surface area contributed by atoms with Gasteiger partial charge in [0.1, 0.15) is 18.4 Å². The lowest BCUT2D eigenvalue weighted by molar-refractivity contribution is -0.135. The maximum atomic E-state index is 12.3. The Hall–Kier alpha value is -3.10. The van der Waals surface area contributed by atoms with Gasteiger partial charge in [0.15, 0.2) is 5.65 Å². The predicted octanol–water partition coefficient (Wildman–Crippen LogP) is 1.35. The molecule has 0 aliphatic rings. The van der Waals surface area contributed by atoms with Gasteiger partial charge < -0.3 is 15.2 Å². The van der Waals surface area contributed by atoms with Crippen LogP contribution in [-0.4, -0.2) is 44.7 Å². The minimum Gasteiger partial charge on any atom is -0.480 e. The number of unbranched alkanes of at least 4 members (excludes halogenated alkanes) is 2. The molecule has 9 nitrogen and oxygen atoms in total. The van der Waals surface area contributed by atoms with Gasteiger partial charge in [-0.25, -0.2) is 9.50 Å². The molecule has 0 spiro atoms. The maximum absolute atomic E-state index is 12.3. The molecule has 2 heterocycles. The van der Waals surface area contributed by atoms with Gasteiger partial charge in [0.05, 0.1) is 6.61 Å². The molecule has 2 rings (SSSR count). The van der Waals surface area contributed by atoms with E-state index in [0.29, 0.717) is 13.0 Å². The molecular weight excluding hydrogens is 340 g/mol. The van der Waals surface area contributed by atoms with Crippen LogP contribution in [0.25, 0.3) is 5.65 Å². The summed E-state index contributed by atoms with van der Waals surface area (Å²) < 4.78 is 6.99. The molecule has 2 aromatic rings. The number of aromatic nitrogens is 3. The second-order valence-corrected chi connectivity index (χ2v) is 5.60. The molecule has 0 aliphatic carbocycles. The van der Waals surface area contributed by atoms with Crippen molar-refractivity contribution in [1.29, 1.82) is 0 Å². The quantitative estimate of drug-likeness (QED) is 0.433. The minimum absolute atomic E-state index is 0.0777. The number of aromatic amines is 1. The van der Waals surface area contributed by atoms with Gasteiger partial charge in [0.2, 0.25) is 11.3 Å². The number of carbonyl (C=O) groups excluding carboxylic acids is 1. The summed E-state index contributed by atoms with van der Waals surface area (Å²) in [6.07, 6.45) is 9.45. The standard InChI is InChI=1S/C17H22N4O5/c1-2-3-4-5-6-7-8-26-13-9-12(22)15(16-19-11-20-21(13)16)17(25)18-10-14(23)24/h5-6,9,11H,2-4,7-8,10H2,1H3,(H,18,25)(H,19,20)(H,23,24)/b6-5-. The maximum Gasteiger partial charge on any atom is 0.322 e. The summed E-state index contributed by atoms with van der Waals surface area (Å²) in [4.78, 5) is 38.9. The SMILES string of the molecule is CCCC/C=C\CCOc1cc(=O)c(C(=O)NCC(=O)O)c2nc[nH]n12. The Bertz CT molecular complexity index is 852. The number of pyridine rings is 1. The van der Waals surface area contributed by atoms with Gasteiger partial charge in [0, 0.05) is 6.07 Å². The second kappa shape index (κ2) is 9.40. The zero-order chi connectivity index (χ0) is 18.9. The van der Waals surface area contributed by atoms with Crippen LogP contribution >= 0.6 is 0 Å². The van der Waals surface area contributed by atoms with Crippen molar-refractivity contribution in [2.75, 3.05) is 13.2 Å². The lowest BCUT2D eigenvalue weighted by Gasteiger charge is -2.09. The third-order valence-electron chi connectivity index (χ3n) is 3.58. The number of allylic oxidation sites excluding steroid dienone is 1. The van der Waals surface area contributed by atoms with E-state index in [1.54, 1.807) is 0 Å². The molecule has 9 heteroatoms. The molecule has 0 unspecified atom stereocenters. The number of nitrogens with zero attached hydrogens (tertiary/aromatic N) is 2. The van der Waals surface area contributed by atoms with Crippen LogP contribution in [-0.2, 0) is 4.79 Å². The van der Waals surface area contributed by atoms with E-state index in [1.165, 1.54) is 16.9 Å². The van der Waals surface area contributed by atoms with Crippen LogP contribution in [0.5, 0.6) is 5.88 Å². The number of nitrogens with one attached hydrogen (secondary N) is 2. The fraction of sp³-hybridized carbons (Fsp3) is 0.412. The molecule has 0 radical (unpaired) electrons. The highest BCUT2D eigenvalue weighted by molar-refractivity contribution is 6.00. The molecule has 0 saturated heterocycles. The van der Waals surface area contributed by atoms with Crippen LogP contribution < -0.4 is 15.5 Å². The Morgan fingerprint density at radius 2 is 2.15 bits per heavy atom. The van der Waals surface area contributed by atoms with Crippen LogP contribution in [0.1, 0.15) is 43.0 Å². The molecule has 0 bridgehead atoms. The fourth-order valence-electron chi connectivity index (χ4n) is 2.32. The molecule has 1 amide bonds. The highest BCUT2D eigenvalue weighted by atomic mass is 16.5. The van der Waals surface area contributed by atoms with Gasteiger partial charge in [-0.2, -0.15) is 0 Å². The van der Waals surface area contributed by atoms with Gasteiger partial charge in [0.25, 0.3) is 5.91 Å². The highest BCUT2D eigenvalue weighted by Gasteiger charge is 2.19. The van der Waals surface area contributed by atoms with Gasteiger partial charge in [-0.1, -0.05) is 31.9 Å². The minimum atomic E-state index is -1.20. The molecule has 140 valence electrons. The molecular formula is C17H22N4O5.